The SMILES string of the molecule is CC(CCN)S(=O)c1ccc(F)c(Cl)c1. The van der Waals surface area contributed by atoms with Gasteiger partial charge in [-0.2, -0.15) is 0 Å². The molecule has 1 aromatic carbocycles. The summed E-state index contributed by atoms with van der Waals surface area (Å²) in [5, 5.41) is -0.0441. The number of nitrogens with two attached hydrogens (primary N) is 1. The van der Waals surface area contributed by atoms with Gasteiger partial charge < -0.3 is 5.73 Å². The lowest BCUT2D eigenvalue weighted by molar-refractivity contribution is 0.626. The maximum atomic E-state index is 12.9. The monoisotopic (exact) mass is 249 g/mol. The molecule has 0 aliphatic carbocycles. The molecule has 1 rings (SSSR count). The summed E-state index contributed by atoms with van der Waals surface area (Å²) in [6.07, 6.45) is 0.668. The summed E-state index contributed by atoms with van der Waals surface area (Å²) in [5.41, 5.74) is 5.38. The molecule has 0 saturated heterocycles. The Bertz CT molecular complexity index is 372. The van der Waals surface area contributed by atoms with E-state index in [2.05, 4.69) is 0 Å². The molecule has 0 bridgehead atoms. The van der Waals surface area contributed by atoms with Crippen molar-refractivity contribution in [3.8, 4) is 0 Å². The molecule has 5 heteroatoms. The molecule has 2 nitrogen and oxygen atoms in total. The van der Waals surface area contributed by atoms with Gasteiger partial charge in [-0.25, -0.2) is 4.39 Å². The summed E-state index contributed by atoms with van der Waals surface area (Å²) in [6, 6.07) is 4.12. The standard InChI is InChI=1S/C10H13ClFNOS/c1-7(4-5-13)15(14)8-2-3-10(12)9(11)6-8/h2-3,6-7H,4-5,13H2,1H3. The van der Waals surface area contributed by atoms with E-state index in [1.54, 1.807) is 0 Å². The van der Waals surface area contributed by atoms with Crippen molar-refractivity contribution >= 4 is 22.4 Å². The molecular weight excluding hydrogens is 237 g/mol. The Morgan fingerprint density at radius 1 is 1.60 bits per heavy atom. The van der Waals surface area contributed by atoms with Gasteiger partial charge in [-0.05, 0) is 31.2 Å². The summed E-state index contributed by atoms with van der Waals surface area (Å²) in [6.45, 7) is 2.34. The molecule has 84 valence electrons. The molecule has 0 spiro atoms. The van der Waals surface area contributed by atoms with E-state index in [1.807, 2.05) is 6.92 Å². The van der Waals surface area contributed by atoms with Crippen LogP contribution in [0.2, 0.25) is 5.02 Å². The molecular formula is C10H13ClFNOS. The Balaban J connectivity index is 2.87. The van der Waals surface area contributed by atoms with Gasteiger partial charge in [0.05, 0.1) is 15.8 Å². The molecule has 0 heterocycles. The van der Waals surface area contributed by atoms with Crippen LogP contribution in [0.4, 0.5) is 4.39 Å². The van der Waals surface area contributed by atoms with Crippen LogP contribution in [0.5, 0.6) is 0 Å². The molecule has 2 unspecified atom stereocenters. The van der Waals surface area contributed by atoms with E-state index < -0.39 is 16.6 Å². The number of hydrogen-bond donors (Lipinski definition) is 1. The van der Waals surface area contributed by atoms with Gasteiger partial charge in [0, 0.05) is 10.1 Å². The average Bonchev–Trinajstić information content (AvgIpc) is 2.21. The van der Waals surface area contributed by atoms with Crippen LogP contribution < -0.4 is 5.73 Å². The fraction of sp³-hybridized carbons (Fsp3) is 0.400. The van der Waals surface area contributed by atoms with Crippen LogP contribution in [0, 0.1) is 5.82 Å². The highest BCUT2D eigenvalue weighted by molar-refractivity contribution is 7.85. The maximum Gasteiger partial charge on any atom is 0.141 e. The Morgan fingerprint density at radius 3 is 2.80 bits per heavy atom. The Kier molecular flexibility index (Phi) is 4.70. The Labute approximate surface area is 96.1 Å². The van der Waals surface area contributed by atoms with Crippen LogP contribution in [0.3, 0.4) is 0 Å². The van der Waals surface area contributed by atoms with E-state index in [4.69, 9.17) is 17.3 Å². The van der Waals surface area contributed by atoms with Crippen molar-refractivity contribution in [1.82, 2.24) is 0 Å². The molecule has 2 atom stereocenters. The van der Waals surface area contributed by atoms with E-state index in [9.17, 15) is 8.60 Å². The molecule has 0 amide bonds. The molecule has 0 saturated carbocycles. The van der Waals surface area contributed by atoms with Crippen LogP contribution in [0.25, 0.3) is 0 Å². The third-order valence-electron chi connectivity index (χ3n) is 2.06. The number of benzene rings is 1. The van der Waals surface area contributed by atoms with Gasteiger partial charge in [-0.3, -0.25) is 4.21 Å². The fourth-order valence-electron chi connectivity index (χ4n) is 1.18. The first-order valence-electron chi connectivity index (χ1n) is 4.62. The smallest absolute Gasteiger partial charge is 0.141 e. The third-order valence-corrected chi connectivity index (χ3v) is 4.04. The second kappa shape index (κ2) is 5.58. The first-order chi connectivity index (χ1) is 7.06. The summed E-state index contributed by atoms with van der Waals surface area (Å²) >= 11 is 5.61. The summed E-state index contributed by atoms with van der Waals surface area (Å²) < 4.78 is 24.7. The normalized spacial score (nSPS) is 14.9. The van der Waals surface area contributed by atoms with Crippen LogP contribution in [0.1, 0.15) is 13.3 Å². The lowest BCUT2D eigenvalue weighted by Crippen LogP contribution is -2.16. The van der Waals surface area contributed by atoms with E-state index in [-0.39, 0.29) is 10.3 Å². The van der Waals surface area contributed by atoms with Crippen LogP contribution in [-0.2, 0) is 10.8 Å². The second-order valence-corrected chi connectivity index (χ2v) is 5.54. The third kappa shape index (κ3) is 3.26. The van der Waals surface area contributed by atoms with Crippen LogP contribution in [0.15, 0.2) is 23.1 Å². The Morgan fingerprint density at radius 2 is 2.27 bits per heavy atom. The van der Waals surface area contributed by atoms with E-state index in [1.165, 1.54) is 18.2 Å². The summed E-state index contributed by atoms with van der Waals surface area (Å²) in [7, 11) is -1.18. The lowest BCUT2D eigenvalue weighted by atomic mass is 10.3. The molecule has 0 aliphatic heterocycles. The zero-order valence-corrected chi connectivity index (χ0v) is 9.95. The maximum absolute atomic E-state index is 12.9. The minimum Gasteiger partial charge on any atom is -0.330 e. The molecule has 0 radical (unpaired) electrons. The minimum atomic E-state index is -1.18. The van der Waals surface area contributed by atoms with Crippen molar-refractivity contribution in [2.24, 2.45) is 5.73 Å². The largest absolute Gasteiger partial charge is 0.330 e. The van der Waals surface area contributed by atoms with Crippen molar-refractivity contribution in [3.05, 3.63) is 29.0 Å². The molecule has 0 fully saturated rings. The van der Waals surface area contributed by atoms with Crippen LogP contribution >= 0.6 is 11.6 Å². The van der Waals surface area contributed by atoms with Gasteiger partial charge >= 0.3 is 0 Å². The summed E-state index contributed by atoms with van der Waals surface area (Å²) in [4.78, 5) is 0.544. The molecule has 0 aliphatic rings. The highest BCUT2D eigenvalue weighted by Gasteiger charge is 2.13. The zero-order chi connectivity index (χ0) is 11.4. The highest BCUT2D eigenvalue weighted by atomic mass is 35.5. The van der Waals surface area contributed by atoms with Crippen LogP contribution in [-0.4, -0.2) is 16.0 Å². The zero-order valence-electron chi connectivity index (χ0n) is 8.37. The summed E-state index contributed by atoms with van der Waals surface area (Å²) in [5.74, 6) is -0.496. The average molecular weight is 250 g/mol. The van der Waals surface area contributed by atoms with Crippen molar-refractivity contribution in [1.29, 1.82) is 0 Å². The number of rotatable bonds is 4. The van der Waals surface area contributed by atoms with E-state index >= 15 is 0 Å². The number of halogens is 2. The molecule has 0 aromatic heterocycles. The van der Waals surface area contributed by atoms with E-state index in [0.717, 1.165) is 0 Å². The lowest BCUT2D eigenvalue weighted by Gasteiger charge is -2.10. The van der Waals surface area contributed by atoms with Crippen molar-refractivity contribution < 1.29 is 8.60 Å². The van der Waals surface area contributed by atoms with Gasteiger partial charge in [0.25, 0.3) is 0 Å². The van der Waals surface area contributed by atoms with Gasteiger partial charge in [0.1, 0.15) is 5.82 Å². The van der Waals surface area contributed by atoms with Gasteiger partial charge in [0.2, 0.25) is 0 Å². The van der Waals surface area contributed by atoms with Crippen molar-refractivity contribution in [3.63, 3.8) is 0 Å². The topological polar surface area (TPSA) is 43.1 Å². The molecule has 1 aromatic rings. The van der Waals surface area contributed by atoms with Gasteiger partial charge in [-0.1, -0.05) is 18.5 Å². The minimum absolute atomic E-state index is 0.000739. The van der Waals surface area contributed by atoms with Gasteiger partial charge in [-0.15, -0.1) is 0 Å². The predicted octanol–water partition coefficient (Wildman–Crippen LogP) is 2.32. The fourth-order valence-corrected chi connectivity index (χ4v) is 2.67. The highest BCUT2D eigenvalue weighted by Crippen LogP contribution is 2.20. The first kappa shape index (κ1) is 12.6. The second-order valence-electron chi connectivity index (χ2n) is 3.26. The van der Waals surface area contributed by atoms with Crippen molar-refractivity contribution in [2.75, 3.05) is 6.54 Å². The molecule has 15 heavy (non-hydrogen) atoms. The van der Waals surface area contributed by atoms with Gasteiger partial charge in [0.15, 0.2) is 0 Å². The number of hydrogen-bond acceptors (Lipinski definition) is 2. The quantitative estimate of drug-likeness (QED) is 0.890. The molecule has 2 N–H and O–H groups in total. The van der Waals surface area contributed by atoms with Crippen molar-refractivity contribution in [2.45, 2.75) is 23.5 Å². The Hall–Kier alpha value is -0.450. The van der Waals surface area contributed by atoms with E-state index in [0.29, 0.717) is 17.9 Å². The predicted molar refractivity (Wildman–Crippen MR) is 61.0 cm³/mol. The first-order valence-corrected chi connectivity index (χ1v) is 6.21.